The van der Waals surface area contributed by atoms with Crippen LogP contribution in [0, 0.1) is 0 Å². The van der Waals surface area contributed by atoms with E-state index in [-0.39, 0.29) is 11.8 Å². The second-order valence-corrected chi connectivity index (χ2v) is 5.87. The monoisotopic (exact) mass is 222 g/mol. The van der Waals surface area contributed by atoms with Gasteiger partial charge in [-0.3, -0.25) is 0 Å². The molecule has 1 fully saturated rings. The highest BCUT2D eigenvalue weighted by Gasteiger charge is 2.32. The Morgan fingerprint density at radius 3 is 2.69 bits per heavy atom. The van der Waals surface area contributed by atoms with Crippen molar-refractivity contribution in [1.29, 1.82) is 0 Å². The molecule has 1 unspecified atom stereocenters. The van der Waals surface area contributed by atoms with Gasteiger partial charge in [0.1, 0.15) is 0 Å². The van der Waals surface area contributed by atoms with Crippen LogP contribution >= 0.6 is 12.2 Å². The molecule has 1 aliphatic heterocycles. The second kappa shape index (κ2) is 3.89. The van der Waals surface area contributed by atoms with Gasteiger partial charge in [-0.2, -0.15) is 4.31 Å². The van der Waals surface area contributed by atoms with Crippen LogP contribution in [0.4, 0.5) is 0 Å². The van der Waals surface area contributed by atoms with Crippen LogP contribution in [0.25, 0.3) is 0 Å². The Morgan fingerprint density at radius 1 is 1.69 bits per heavy atom. The third-order valence-electron chi connectivity index (χ3n) is 2.13. The molecule has 0 saturated carbocycles. The van der Waals surface area contributed by atoms with Crippen LogP contribution in [-0.4, -0.2) is 36.1 Å². The fourth-order valence-corrected chi connectivity index (χ4v) is 3.55. The fraction of sp³-hybridized carbons (Fsp3) is 0.857. The van der Waals surface area contributed by atoms with Gasteiger partial charge in [-0.05, 0) is 13.3 Å². The van der Waals surface area contributed by atoms with Crippen LogP contribution in [-0.2, 0) is 10.0 Å². The van der Waals surface area contributed by atoms with Crippen LogP contribution in [0.2, 0.25) is 0 Å². The summed E-state index contributed by atoms with van der Waals surface area (Å²) >= 11 is 4.74. The molecule has 0 bridgehead atoms. The Morgan fingerprint density at radius 2 is 2.31 bits per heavy atom. The predicted molar refractivity (Wildman–Crippen MR) is 56.0 cm³/mol. The van der Waals surface area contributed by atoms with Gasteiger partial charge in [0.15, 0.2) is 0 Å². The van der Waals surface area contributed by atoms with Gasteiger partial charge in [0, 0.05) is 19.0 Å². The van der Waals surface area contributed by atoms with Crippen molar-refractivity contribution in [3.05, 3.63) is 0 Å². The molecule has 1 rings (SSSR count). The molecule has 0 aromatic rings. The Bertz CT molecular complexity index is 300. The maximum atomic E-state index is 11.4. The first-order valence-electron chi connectivity index (χ1n) is 4.21. The molecule has 6 heteroatoms. The van der Waals surface area contributed by atoms with Crippen molar-refractivity contribution in [3.8, 4) is 0 Å². The lowest BCUT2D eigenvalue weighted by atomic mass is 10.2. The maximum absolute atomic E-state index is 11.4. The van der Waals surface area contributed by atoms with Crippen LogP contribution in [0.1, 0.15) is 19.8 Å². The SMILES string of the molecule is CC(CC(N)=S)N1CCCS1(=O)=O. The molecule has 0 aromatic carbocycles. The van der Waals surface area contributed by atoms with Crippen molar-refractivity contribution in [2.45, 2.75) is 25.8 Å². The van der Waals surface area contributed by atoms with Crippen molar-refractivity contribution >= 4 is 27.2 Å². The molecule has 2 N–H and O–H groups in total. The van der Waals surface area contributed by atoms with E-state index in [4.69, 9.17) is 18.0 Å². The van der Waals surface area contributed by atoms with E-state index in [1.165, 1.54) is 4.31 Å². The fourth-order valence-electron chi connectivity index (χ4n) is 1.55. The topological polar surface area (TPSA) is 63.4 Å². The number of rotatable bonds is 3. The highest BCUT2D eigenvalue weighted by Crippen LogP contribution is 2.18. The number of nitrogens with zero attached hydrogens (tertiary/aromatic N) is 1. The van der Waals surface area contributed by atoms with E-state index < -0.39 is 10.0 Å². The third kappa shape index (κ3) is 2.62. The van der Waals surface area contributed by atoms with Crippen molar-refractivity contribution in [2.24, 2.45) is 5.73 Å². The molecule has 76 valence electrons. The molecule has 0 aromatic heterocycles. The molecule has 0 amide bonds. The van der Waals surface area contributed by atoms with Gasteiger partial charge in [-0.1, -0.05) is 12.2 Å². The molecular formula is C7H14N2O2S2. The molecule has 1 heterocycles. The van der Waals surface area contributed by atoms with Gasteiger partial charge in [-0.25, -0.2) is 8.42 Å². The third-order valence-corrected chi connectivity index (χ3v) is 4.35. The molecule has 13 heavy (non-hydrogen) atoms. The van der Waals surface area contributed by atoms with E-state index in [0.717, 1.165) is 0 Å². The Kier molecular flexibility index (Phi) is 3.26. The van der Waals surface area contributed by atoms with Gasteiger partial charge in [0.25, 0.3) is 0 Å². The molecular weight excluding hydrogens is 208 g/mol. The first-order valence-corrected chi connectivity index (χ1v) is 6.23. The van der Waals surface area contributed by atoms with Gasteiger partial charge in [0.2, 0.25) is 10.0 Å². The highest BCUT2D eigenvalue weighted by atomic mass is 32.2. The van der Waals surface area contributed by atoms with E-state index in [2.05, 4.69) is 0 Å². The van der Waals surface area contributed by atoms with Crippen molar-refractivity contribution < 1.29 is 8.42 Å². The lowest BCUT2D eigenvalue weighted by molar-refractivity contribution is 0.368. The zero-order chi connectivity index (χ0) is 10.1. The Hall–Kier alpha value is -0.200. The molecule has 0 radical (unpaired) electrons. The van der Waals surface area contributed by atoms with Crippen molar-refractivity contribution in [1.82, 2.24) is 4.31 Å². The van der Waals surface area contributed by atoms with Crippen molar-refractivity contribution in [2.75, 3.05) is 12.3 Å². The van der Waals surface area contributed by atoms with Gasteiger partial charge < -0.3 is 5.73 Å². The first kappa shape index (κ1) is 10.9. The Labute approximate surface area is 84.1 Å². The minimum atomic E-state index is -3.01. The molecule has 1 saturated heterocycles. The molecule has 0 aliphatic carbocycles. The molecule has 0 spiro atoms. The lowest BCUT2D eigenvalue weighted by Crippen LogP contribution is -2.36. The second-order valence-electron chi connectivity index (χ2n) is 3.30. The molecule has 1 atom stereocenters. The maximum Gasteiger partial charge on any atom is 0.214 e. The smallest absolute Gasteiger partial charge is 0.214 e. The number of nitrogens with two attached hydrogens (primary N) is 1. The largest absolute Gasteiger partial charge is 0.393 e. The first-order chi connectivity index (χ1) is 5.93. The molecule has 1 aliphatic rings. The Balaban J connectivity index is 2.67. The van der Waals surface area contributed by atoms with Gasteiger partial charge >= 0.3 is 0 Å². The number of hydrogen-bond acceptors (Lipinski definition) is 3. The minimum Gasteiger partial charge on any atom is -0.393 e. The quantitative estimate of drug-likeness (QED) is 0.687. The number of hydrogen-bond donors (Lipinski definition) is 1. The van der Waals surface area contributed by atoms with Gasteiger partial charge in [-0.15, -0.1) is 0 Å². The van der Waals surface area contributed by atoms with E-state index in [9.17, 15) is 8.42 Å². The summed E-state index contributed by atoms with van der Waals surface area (Å²) < 4.78 is 24.3. The summed E-state index contributed by atoms with van der Waals surface area (Å²) in [6, 6.07) is -0.0926. The summed E-state index contributed by atoms with van der Waals surface area (Å²) in [4.78, 5) is 0.370. The number of sulfonamides is 1. The summed E-state index contributed by atoms with van der Waals surface area (Å²) in [5, 5.41) is 0. The zero-order valence-corrected chi connectivity index (χ0v) is 9.20. The van der Waals surface area contributed by atoms with E-state index >= 15 is 0 Å². The van der Waals surface area contributed by atoms with E-state index in [1.54, 1.807) is 0 Å². The zero-order valence-electron chi connectivity index (χ0n) is 7.56. The van der Waals surface area contributed by atoms with Crippen LogP contribution in [0.15, 0.2) is 0 Å². The van der Waals surface area contributed by atoms with E-state index in [0.29, 0.717) is 24.4 Å². The average Bonchev–Trinajstić information content (AvgIpc) is 2.27. The minimum absolute atomic E-state index is 0.0926. The standard InChI is InChI=1S/C7H14N2O2S2/c1-6(5-7(8)12)9-3-2-4-13(9,10)11/h6H,2-5H2,1H3,(H2,8,12). The summed E-state index contributed by atoms with van der Waals surface area (Å²) in [5.74, 6) is 0.259. The summed E-state index contributed by atoms with van der Waals surface area (Å²) in [7, 11) is -3.01. The summed E-state index contributed by atoms with van der Waals surface area (Å²) in [5.41, 5.74) is 5.36. The molecule has 4 nitrogen and oxygen atoms in total. The van der Waals surface area contributed by atoms with Crippen molar-refractivity contribution in [3.63, 3.8) is 0 Å². The van der Waals surface area contributed by atoms with Crippen LogP contribution in [0.3, 0.4) is 0 Å². The van der Waals surface area contributed by atoms with Crippen LogP contribution in [0.5, 0.6) is 0 Å². The average molecular weight is 222 g/mol. The summed E-state index contributed by atoms with van der Waals surface area (Å²) in [6.07, 6.45) is 1.18. The highest BCUT2D eigenvalue weighted by molar-refractivity contribution is 7.89. The number of thiocarbonyl (C=S) groups is 1. The lowest BCUT2D eigenvalue weighted by Gasteiger charge is -2.21. The normalized spacial score (nSPS) is 24.4. The predicted octanol–water partition coefficient (Wildman–Crippen LogP) is 0.0866. The van der Waals surface area contributed by atoms with Gasteiger partial charge in [0.05, 0.1) is 10.7 Å². The van der Waals surface area contributed by atoms with Crippen LogP contribution < -0.4 is 5.73 Å². The summed E-state index contributed by atoms with van der Waals surface area (Å²) in [6.45, 7) is 2.44. The van der Waals surface area contributed by atoms with E-state index in [1.807, 2.05) is 6.92 Å².